The molecule has 0 aromatic carbocycles. The summed E-state index contributed by atoms with van der Waals surface area (Å²) >= 11 is 7.45. The summed E-state index contributed by atoms with van der Waals surface area (Å²) in [5.41, 5.74) is 5.44. The molecule has 0 atom stereocenters. The number of carbonyl (C=O) groups is 1. The summed E-state index contributed by atoms with van der Waals surface area (Å²) in [7, 11) is 0. The summed E-state index contributed by atoms with van der Waals surface area (Å²) in [6, 6.07) is 3.87. The van der Waals surface area contributed by atoms with E-state index in [1.54, 1.807) is 11.3 Å². The lowest BCUT2D eigenvalue weighted by atomic mass is 10.1. The van der Waals surface area contributed by atoms with Gasteiger partial charge in [-0.3, -0.25) is 4.79 Å². The first-order valence-corrected chi connectivity index (χ1v) is 8.09. The summed E-state index contributed by atoms with van der Waals surface area (Å²) in [4.78, 5) is 15.1. The van der Waals surface area contributed by atoms with Crippen LogP contribution in [0.2, 0.25) is 4.34 Å². The van der Waals surface area contributed by atoms with Gasteiger partial charge in [-0.1, -0.05) is 24.4 Å². The molecule has 1 amide bonds. The molecule has 0 saturated carbocycles. The molecule has 1 heterocycles. The van der Waals surface area contributed by atoms with E-state index in [4.69, 9.17) is 17.3 Å². The number of amides is 1. The lowest BCUT2D eigenvalue weighted by molar-refractivity contribution is -0.131. The number of nitrogens with zero attached hydrogens (tertiary/aromatic N) is 1. The van der Waals surface area contributed by atoms with Crippen LogP contribution in [-0.2, 0) is 11.3 Å². The second kappa shape index (κ2) is 9.34. The van der Waals surface area contributed by atoms with Crippen LogP contribution < -0.4 is 5.73 Å². The van der Waals surface area contributed by atoms with Gasteiger partial charge >= 0.3 is 0 Å². The molecule has 0 radical (unpaired) electrons. The van der Waals surface area contributed by atoms with Gasteiger partial charge in [0, 0.05) is 17.8 Å². The van der Waals surface area contributed by atoms with E-state index in [9.17, 15) is 4.79 Å². The topological polar surface area (TPSA) is 46.3 Å². The summed E-state index contributed by atoms with van der Waals surface area (Å²) in [5, 5.41) is 0. The molecule has 108 valence electrons. The van der Waals surface area contributed by atoms with E-state index in [1.807, 2.05) is 24.0 Å². The third kappa shape index (κ3) is 6.41. The minimum Gasteiger partial charge on any atom is -0.338 e. The molecule has 1 aromatic heterocycles. The number of carbonyl (C=O) groups excluding carboxylic acids is 1. The number of halogens is 1. The Labute approximate surface area is 124 Å². The van der Waals surface area contributed by atoms with Crippen LogP contribution in [0.1, 0.15) is 43.9 Å². The third-order valence-electron chi connectivity index (χ3n) is 3.05. The first-order valence-electron chi connectivity index (χ1n) is 6.89. The number of hydrogen-bond acceptors (Lipinski definition) is 3. The molecule has 1 aromatic rings. The molecule has 0 aliphatic heterocycles. The number of hydrogen-bond donors (Lipinski definition) is 1. The summed E-state index contributed by atoms with van der Waals surface area (Å²) in [6.07, 6.45) is 4.86. The van der Waals surface area contributed by atoms with Crippen molar-refractivity contribution in [3.8, 4) is 0 Å². The monoisotopic (exact) mass is 302 g/mol. The maximum Gasteiger partial charge on any atom is 0.222 e. The largest absolute Gasteiger partial charge is 0.338 e. The SMILES string of the molecule is CCN(Cc1ccc(Cl)s1)C(=O)CCCCCCN. The van der Waals surface area contributed by atoms with Crippen molar-refractivity contribution in [3.63, 3.8) is 0 Å². The van der Waals surface area contributed by atoms with Gasteiger partial charge in [-0.15, -0.1) is 11.3 Å². The van der Waals surface area contributed by atoms with Crippen LogP contribution in [0.15, 0.2) is 12.1 Å². The van der Waals surface area contributed by atoms with E-state index in [0.717, 1.165) is 48.0 Å². The fraction of sp³-hybridized carbons (Fsp3) is 0.643. The summed E-state index contributed by atoms with van der Waals surface area (Å²) < 4.78 is 0.778. The van der Waals surface area contributed by atoms with Crippen LogP contribution in [0, 0.1) is 0 Å². The van der Waals surface area contributed by atoms with E-state index in [1.165, 1.54) is 0 Å². The van der Waals surface area contributed by atoms with Crippen LogP contribution in [-0.4, -0.2) is 23.9 Å². The van der Waals surface area contributed by atoms with Crippen molar-refractivity contribution >= 4 is 28.8 Å². The van der Waals surface area contributed by atoms with Crippen molar-refractivity contribution < 1.29 is 4.79 Å². The predicted molar refractivity (Wildman–Crippen MR) is 82.6 cm³/mol. The maximum absolute atomic E-state index is 12.1. The smallest absolute Gasteiger partial charge is 0.222 e. The lowest BCUT2D eigenvalue weighted by Gasteiger charge is -2.20. The summed E-state index contributed by atoms with van der Waals surface area (Å²) in [5.74, 6) is 0.236. The fourth-order valence-electron chi connectivity index (χ4n) is 1.93. The molecule has 2 N–H and O–H groups in total. The highest BCUT2D eigenvalue weighted by Gasteiger charge is 2.12. The molecule has 0 unspecified atom stereocenters. The van der Waals surface area contributed by atoms with Crippen molar-refractivity contribution in [1.29, 1.82) is 0 Å². The fourth-order valence-corrected chi connectivity index (χ4v) is 3.04. The Bertz CT molecular complexity index is 381. The zero-order chi connectivity index (χ0) is 14.1. The van der Waals surface area contributed by atoms with E-state index in [0.29, 0.717) is 13.0 Å². The molecule has 3 nitrogen and oxygen atoms in total. The van der Waals surface area contributed by atoms with E-state index in [2.05, 4.69) is 0 Å². The molecular weight excluding hydrogens is 280 g/mol. The van der Waals surface area contributed by atoms with Gasteiger partial charge in [-0.05, 0) is 38.4 Å². The number of nitrogens with two attached hydrogens (primary N) is 1. The van der Waals surface area contributed by atoms with Gasteiger partial charge in [-0.2, -0.15) is 0 Å². The molecule has 1 rings (SSSR count). The molecule has 0 spiro atoms. The first kappa shape index (κ1) is 16.5. The quantitative estimate of drug-likeness (QED) is 0.708. The van der Waals surface area contributed by atoms with E-state index in [-0.39, 0.29) is 5.91 Å². The van der Waals surface area contributed by atoms with Gasteiger partial charge in [0.25, 0.3) is 0 Å². The molecule has 0 fully saturated rings. The van der Waals surface area contributed by atoms with E-state index < -0.39 is 0 Å². The lowest BCUT2D eigenvalue weighted by Crippen LogP contribution is -2.29. The van der Waals surface area contributed by atoms with Crippen molar-refractivity contribution in [1.82, 2.24) is 4.90 Å². The van der Waals surface area contributed by atoms with E-state index >= 15 is 0 Å². The second-order valence-corrected chi connectivity index (χ2v) is 6.37. The zero-order valence-corrected chi connectivity index (χ0v) is 13.1. The Morgan fingerprint density at radius 3 is 2.63 bits per heavy atom. The van der Waals surface area contributed by atoms with Crippen molar-refractivity contribution in [2.45, 2.75) is 45.6 Å². The molecule has 0 aliphatic rings. The molecule has 0 aliphatic carbocycles. The highest BCUT2D eigenvalue weighted by atomic mass is 35.5. The standard InChI is InChI=1S/C14H23ClN2OS/c1-2-17(11-12-8-9-13(15)19-12)14(18)7-5-3-4-6-10-16/h8-9H,2-7,10-11,16H2,1H3. The van der Waals surface area contributed by atoms with Crippen LogP contribution in [0.5, 0.6) is 0 Å². The van der Waals surface area contributed by atoms with Crippen LogP contribution in [0.25, 0.3) is 0 Å². The molecule has 0 saturated heterocycles. The Morgan fingerprint density at radius 2 is 2.05 bits per heavy atom. The van der Waals surface area contributed by atoms with Gasteiger partial charge in [0.2, 0.25) is 5.91 Å². The van der Waals surface area contributed by atoms with Gasteiger partial charge in [0.15, 0.2) is 0 Å². The summed E-state index contributed by atoms with van der Waals surface area (Å²) in [6.45, 7) is 4.18. The third-order valence-corrected chi connectivity index (χ3v) is 4.27. The second-order valence-electron chi connectivity index (χ2n) is 4.57. The predicted octanol–water partition coefficient (Wildman–Crippen LogP) is 3.66. The minimum atomic E-state index is 0.236. The average molecular weight is 303 g/mol. The van der Waals surface area contributed by atoms with Gasteiger partial charge in [0.1, 0.15) is 0 Å². The molecule has 19 heavy (non-hydrogen) atoms. The highest BCUT2D eigenvalue weighted by molar-refractivity contribution is 7.16. The number of thiophene rings is 1. The Hall–Kier alpha value is -0.580. The Kier molecular flexibility index (Phi) is 8.10. The molecule has 5 heteroatoms. The number of rotatable bonds is 9. The minimum absolute atomic E-state index is 0.236. The average Bonchev–Trinajstić information content (AvgIpc) is 2.81. The van der Waals surface area contributed by atoms with Crippen LogP contribution in [0.3, 0.4) is 0 Å². The highest BCUT2D eigenvalue weighted by Crippen LogP contribution is 2.23. The van der Waals surface area contributed by atoms with Crippen molar-refractivity contribution in [2.24, 2.45) is 5.73 Å². The van der Waals surface area contributed by atoms with Gasteiger partial charge in [-0.25, -0.2) is 0 Å². The van der Waals surface area contributed by atoms with Crippen molar-refractivity contribution in [2.75, 3.05) is 13.1 Å². The zero-order valence-electron chi connectivity index (χ0n) is 11.5. The Morgan fingerprint density at radius 1 is 1.32 bits per heavy atom. The number of unbranched alkanes of at least 4 members (excludes halogenated alkanes) is 3. The van der Waals surface area contributed by atoms with Crippen molar-refractivity contribution in [3.05, 3.63) is 21.3 Å². The van der Waals surface area contributed by atoms with Gasteiger partial charge in [0.05, 0.1) is 10.9 Å². The first-order chi connectivity index (χ1) is 9.17. The normalized spacial score (nSPS) is 10.7. The van der Waals surface area contributed by atoms with Crippen LogP contribution >= 0.6 is 22.9 Å². The molecular formula is C14H23ClN2OS. The molecule has 0 bridgehead atoms. The Balaban J connectivity index is 2.31. The van der Waals surface area contributed by atoms with Gasteiger partial charge < -0.3 is 10.6 Å². The van der Waals surface area contributed by atoms with Crippen LogP contribution in [0.4, 0.5) is 0 Å². The maximum atomic E-state index is 12.1.